The maximum absolute atomic E-state index is 11.8. The molecule has 1 aliphatic rings. The van der Waals surface area contributed by atoms with Crippen LogP contribution < -0.4 is 0 Å². The van der Waals surface area contributed by atoms with Gasteiger partial charge in [-0.1, -0.05) is 13.3 Å². The molecule has 0 aliphatic carbocycles. The van der Waals surface area contributed by atoms with E-state index in [2.05, 4.69) is 17.6 Å². The van der Waals surface area contributed by atoms with Gasteiger partial charge in [0.05, 0.1) is 11.4 Å². The van der Waals surface area contributed by atoms with Crippen LogP contribution in [0.25, 0.3) is 0 Å². The SMILES string of the molecule is CCCCN1C(=O)CSC1c1cccn1C. The van der Waals surface area contributed by atoms with Gasteiger partial charge >= 0.3 is 0 Å². The van der Waals surface area contributed by atoms with Crippen molar-refractivity contribution in [2.45, 2.75) is 25.1 Å². The van der Waals surface area contributed by atoms with Crippen LogP contribution in [0.4, 0.5) is 0 Å². The predicted octanol–water partition coefficient (Wildman–Crippen LogP) is 2.40. The average Bonchev–Trinajstić information content (AvgIpc) is 2.82. The summed E-state index contributed by atoms with van der Waals surface area (Å²) in [6.07, 6.45) is 4.26. The van der Waals surface area contributed by atoms with Gasteiger partial charge in [0.25, 0.3) is 0 Å². The molecule has 0 spiro atoms. The lowest BCUT2D eigenvalue weighted by molar-refractivity contribution is -0.128. The summed E-state index contributed by atoms with van der Waals surface area (Å²) < 4.78 is 2.11. The quantitative estimate of drug-likeness (QED) is 0.805. The number of amides is 1. The fourth-order valence-electron chi connectivity index (χ4n) is 2.00. The fourth-order valence-corrected chi connectivity index (χ4v) is 3.29. The van der Waals surface area contributed by atoms with E-state index in [0.29, 0.717) is 5.75 Å². The van der Waals surface area contributed by atoms with Crippen molar-refractivity contribution in [2.75, 3.05) is 12.3 Å². The molecule has 1 amide bonds. The first-order chi connectivity index (χ1) is 7.74. The van der Waals surface area contributed by atoms with Crippen LogP contribution in [0, 0.1) is 0 Å². The lowest BCUT2D eigenvalue weighted by atomic mass is 10.3. The number of carbonyl (C=O) groups is 1. The van der Waals surface area contributed by atoms with Gasteiger partial charge in [0.1, 0.15) is 5.37 Å². The van der Waals surface area contributed by atoms with Crippen LogP contribution in [0.2, 0.25) is 0 Å². The van der Waals surface area contributed by atoms with Gasteiger partial charge in [0.15, 0.2) is 0 Å². The standard InChI is InChI=1S/C12H18N2OS/c1-3-4-8-14-11(15)9-16-12(14)10-6-5-7-13(10)2/h5-7,12H,3-4,8-9H2,1-2H3. The average molecular weight is 238 g/mol. The Kier molecular flexibility index (Phi) is 3.59. The molecule has 3 nitrogen and oxygen atoms in total. The third-order valence-corrected chi connectivity index (χ3v) is 4.18. The molecule has 0 aromatic carbocycles. The number of unbranched alkanes of at least 4 members (excludes halogenated alkanes) is 1. The van der Waals surface area contributed by atoms with Crippen molar-refractivity contribution in [1.82, 2.24) is 9.47 Å². The summed E-state index contributed by atoms with van der Waals surface area (Å²) >= 11 is 1.74. The minimum Gasteiger partial charge on any atom is -0.352 e. The predicted molar refractivity (Wildman–Crippen MR) is 67.2 cm³/mol. The van der Waals surface area contributed by atoms with Gasteiger partial charge in [-0.2, -0.15) is 0 Å². The number of rotatable bonds is 4. The number of hydrogen-bond donors (Lipinski definition) is 0. The smallest absolute Gasteiger partial charge is 0.233 e. The van der Waals surface area contributed by atoms with Gasteiger partial charge in [-0.25, -0.2) is 0 Å². The molecule has 1 saturated heterocycles. The summed E-state index contributed by atoms with van der Waals surface area (Å²) in [5, 5.41) is 0.221. The summed E-state index contributed by atoms with van der Waals surface area (Å²) in [7, 11) is 2.04. The summed E-state index contributed by atoms with van der Waals surface area (Å²) in [4.78, 5) is 13.8. The van der Waals surface area contributed by atoms with Crippen LogP contribution in [-0.4, -0.2) is 27.7 Å². The second kappa shape index (κ2) is 4.95. The van der Waals surface area contributed by atoms with Crippen molar-refractivity contribution < 1.29 is 4.79 Å². The van der Waals surface area contributed by atoms with Gasteiger partial charge in [-0.05, 0) is 18.6 Å². The Bertz CT molecular complexity index is 375. The van der Waals surface area contributed by atoms with Gasteiger partial charge in [-0.15, -0.1) is 11.8 Å². The molecule has 1 aromatic rings. The zero-order chi connectivity index (χ0) is 11.5. The highest BCUT2D eigenvalue weighted by molar-refractivity contribution is 8.00. The van der Waals surface area contributed by atoms with E-state index in [1.165, 1.54) is 5.69 Å². The van der Waals surface area contributed by atoms with E-state index < -0.39 is 0 Å². The van der Waals surface area contributed by atoms with Gasteiger partial charge < -0.3 is 9.47 Å². The normalized spacial score (nSPS) is 20.8. The molecule has 0 N–H and O–H groups in total. The molecule has 2 rings (SSSR count). The van der Waals surface area contributed by atoms with E-state index in [0.717, 1.165) is 19.4 Å². The van der Waals surface area contributed by atoms with Gasteiger partial charge in [0.2, 0.25) is 5.91 Å². The van der Waals surface area contributed by atoms with Crippen molar-refractivity contribution in [3.63, 3.8) is 0 Å². The molecule has 4 heteroatoms. The molecular weight excluding hydrogens is 220 g/mol. The Morgan fingerprint density at radius 1 is 1.56 bits per heavy atom. The lowest BCUT2D eigenvalue weighted by Crippen LogP contribution is -2.29. The first-order valence-electron chi connectivity index (χ1n) is 5.76. The van der Waals surface area contributed by atoms with Crippen LogP contribution in [0.3, 0.4) is 0 Å². The van der Waals surface area contributed by atoms with E-state index in [1.54, 1.807) is 11.8 Å². The van der Waals surface area contributed by atoms with Crippen LogP contribution in [0.5, 0.6) is 0 Å². The van der Waals surface area contributed by atoms with Crippen molar-refractivity contribution in [3.05, 3.63) is 24.0 Å². The first-order valence-corrected chi connectivity index (χ1v) is 6.81. The summed E-state index contributed by atoms with van der Waals surface area (Å²) in [6, 6.07) is 4.14. The van der Waals surface area contributed by atoms with E-state index >= 15 is 0 Å². The number of aromatic nitrogens is 1. The second-order valence-electron chi connectivity index (χ2n) is 4.15. The van der Waals surface area contributed by atoms with Crippen molar-refractivity contribution in [1.29, 1.82) is 0 Å². The Labute approximate surface area is 101 Å². The number of carbonyl (C=O) groups excluding carboxylic acids is 1. The van der Waals surface area contributed by atoms with E-state index in [-0.39, 0.29) is 11.3 Å². The Morgan fingerprint density at radius 3 is 3.00 bits per heavy atom. The fraction of sp³-hybridized carbons (Fsp3) is 0.583. The molecule has 1 unspecified atom stereocenters. The Hall–Kier alpha value is -0.900. The highest BCUT2D eigenvalue weighted by Crippen LogP contribution is 2.38. The molecule has 88 valence electrons. The monoisotopic (exact) mass is 238 g/mol. The minimum absolute atomic E-state index is 0.221. The van der Waals surface area contributed by atoms with Crippen LogP contribution in [0.15, 0.2) is 18.3 Å². The number of hydrogen-bond acceptors (Lipinski definition) is 2. The van der Waals surface area contributed by atoms with E-state index in [1.807, 2.05) is 24.2 Å². The van der Waals surface area contributed by atoms with Gasteiger partial charge in [0, 0.05) is 19.8 Å². The number of nitrogens with zero attached hydrogens (tertiary/aromatic N) is 2. The molecule has 0 radical (unpaired) electrons. The van der Waals surface area contributed by atoms with E-state index in [9.17, 15) is 4.79 Å². The maximum Gasteiger partial charge on any atom is 0.233 e. The molecule has 1 atom stereocenters. The molecule has 1 aliphatic heterocycles. The minimum atomic E-state index is 0.221. The molecule has 16 heavy (non-hydrogen) atoms. The maximum atomic E-state index is 11.8. The van der Waals surface area contributed by atoms with Crippen LogP contribution in [-0.2, 0) is 11.8 Å². The molecule has 1 aromatic heterocycles. The first kappa shape index (κ1) is 11.6. The molecule has 2 heterocycles. The van der Waals surface area contributed by atoms with Crippen LogP contribution in [0.1, 0.15) is 30.8 Å². The van der Waals surface area contributed by atoms with Crippen molar-refractivity contribution in [3.8, 4) is 0 Å². The summed E-state index contributed by atoms with van der Waals surface area (Å²) in [5.74, 6) is 0.907. The largest absolute Gasteiger partial charge is 0.352 e. The zero-order valence-corrected chi connectivity index (χ0v) is 10.7. The number of thioether (sulfide) groups is 1. The molecule has 1 fully saturated rings. The van der Waals surface area contributed by atoms with Crippen molar-refractivity contribution >= 4 is 17.7 Å². The Morgan fingerprint density at radius 2 is 2.38 bits per heavy atom. The molecule has 0 saturated carbocycles. The summed E-state index contributed by atoms with van der Waals surface area (Å²) in [5.41, 5.74) is 1.23. The third kappa shape index (κ3) is 2.12. The van der Waals surface area contributed by atoms with E-state index in [4.69, 9.17) is 0 Å². The topological polar surface area (TPSA) is 25.2 Å². The third-order valence-electron chi connectivity index (χ3n) is 2.96. The second-order valence-corrected chi connectivity index (χ2v) is 5.22. The molecular formula is C12H18N2OS. The number of aryl methyl sites for hydroxylation is 1. The van der Waals surface area contributed by atoms with Gasteiger partial charge in [-0.3, -0.25) is 4.79 Å². The summed E-state index contributed by atoms with van der Waals surface area (Å²) in [6.45, 7) is 3.05. The highest BCUT2D eigenvalue weighted by Gasteiger charge is 2.33. The van der Waals surface area contributed by atoms with Crippen molar-refractivity contribution in [2.24, 2.45) is 7.05 Å². The lowest BCUT2D eigenvalue weighted by Gasteiger charge is -2.24. The zero-order valence-electron chi connectivity index (χ0n) is 9.85. The Balaban J connectivity index is 2.14. The molecule has 0 bridgehead atoms. The highest BCUT2D eigenvalue weighted by atomic mass is 32.2. The van der Waals surface area contributed by atoms with Crippen LogP contribution >= 0.6 is 11.8 Å².